The van der Waals surface area contributed by atoms with Gasteiger partial charge in [0.05, 0.1) is 5.92 Å². The van der Waals surface area contributed by atoms with Crippen LogP contribution in [0, 0.1) is 0 Å². The first-order valence-electron chi connectivity index (χ1n) is 8.38. The second-order valence-electron chi connectivity index (χ2n) is 6.41. The minimum atomic E-state index is -0.302. The van der Waals surface area contributed by atoms with Crippen molar-refractivity contribution in [3.8, 4) is 0 Å². The number of hydrogen-bond donors (Lipinski definition) is 0. The number of fused-ring (bicyclic) bond motifs is 1. The van der Waals surface area contributed by atoms with Crippen LogP contribution in [0.2, 0.25) is 0 Å². The summed E-state index contributed by atoms with van der Waals surface area (Å²) in [5.74, 6) is -0.493. The summed E-state index contributed by atoms with van der Waals surface area (Å²) >= 11 is 0. The van der Waals surface area contributed by atoms with Gasteiger partial charge < -0.3 is 9.30 Å². The smallest absolute Gasteiger partial charge is 0.314 e. The molecule has 3 heteroatoms. The van der Waals surface area contributed by atoms with Crippen LogP contribution in [0.4, 0.5) is 0 Å². The molecule has 0 radical (unpaired) electrons. The maximum absolute atomic E-state index is 12.5. The Bertz CT molecular complexity index is 833. The normalized spacial score (nSPS) is 12.5. The number of benzene rings is 2. The lowest BCUT2D eigenvalue weighted by Crippen LogP contribution is -2.17. The predicted octanol–water partition coefficient (Wildman–Crippen LogP) is 5.07. The zero-order valence-corrected chi connectivity index (χ0v) is 14.4. The molecule has 3 aromatic rings. The number of rotatable bonds is 5. The van der Waals surface area contributed by atoms with Crippen LogP contribution in [-0.4, -0.2) is 10.5 Å². The number of aromatic nitrogens is 1. The largest absolute Gasteiger partial charge is 0.460 e. The Kier molecular flexibility index (Phi) is 4.70. The van der Waals surface area contributed by atoms with Gasteiger partial charge in [0, 0.05) is 17.3 Å². The topological polar surface area (TPSA) is 31.2 Å². The highest BCUT2D eigenvalue weighted by molar-refractivity contribution is 5.85. The monoisotopic (exact) mass is 321 g/mol. The van der Waals surface area contributed by atoms with Gasteiger partial charge in [-0.1, -0.05) is 48.5 Å². The molecular formula is C21H23NO2. The molecule has 1 atom stereocenters. The molecule has 0 aliphatic heterocycles. The lowest BCUT2D eigenvalue weighted by Gasteiger charge is -2.18. The van der Waals surface area contributed by atoms with Gasteiger partial charge in [0.15, 0.2) is 0 Å². The SMILES string of the molecule is CC(C(=O)OCc1ccccc1)c1cc2ccccc2n1C(C)C. The average Bonchev–Trinajstić information content (AvgIpc) is 2.99. The predicted molar refractivity (Wildman–Crippen MR) is 97.0 cm³/mol. The average molecular weight is 321 g/mol. The fourth-order valence-corrected chi connectivity index (χ4v) is 3.08. The highest BCUT2D eigenvalue weighted by Gasteiger charge is 2.23. The molecule has 0 aliphatic rings. The van der Waals surface area contributed by atoms with Gasteiger partial charge in [0.2, 0.25) is 0 Å². The van der Waals surface area contributed by atoms with Crippen LogP contribution in [-0.2, 0) is 16.1 Å². The van der Waals surface area contributed by atoms with E-state index in [-0.39, 0.29) is 17.9 Å². The van der Waals surface area contributed by atoms with E-state index in [9.17, 15) is 4.79 Å². The molecule has 1 heterocycles. The van der Waals surface area contributed by atoms with Crippen LogP contribution in [0.25, 0.3) is 10.9 Å². The summed E-state index contributed by atoms with van der Waals surface area (Å²) in [7, 11) is 0. The summed E-state index contributed by atoms with van der Waals surface area (Å²) in [6, 6.07) is 20.4. The molecule has 3 nitrogen and oxygen atoms in total. The molecule has 0 fully saturated rings. The van der Waals surface area contributed by atoms with Crippen molar-refractivity contribution in [3.63, 3.8) is 0 Å². The minimum Gasteiger partial charge on any atom is -0.460 e. The van der Waals surface area contributed by atoms with E-state index in [1.54, 1.807) is 0 Å². The molecule has 0 aliphatic carbocycles. The van der Waals surface area contributed by atoms with Gasteiger partial charge in [-0.3, -0.25) is 4.79 Å². The van der Waals surface area contributed by atoms with E-state index in [0.717, 1.165) is 22.2 Å². The molecule has 1 unspecified atom stereocenters. The molecule has 0 saturated heterocycles. The van der Waals surface area contributed by atoms with E-state index in [0.29, 0.717) is 6.61 Å². The molecule has 0 saturated carbocycles. The summed E-state index contributed by atoms with van der Waals surface area (Å²) in [5, 5.41) is 1.16. The van der Waals surface area contributed by atoms with E-state index in [4.69, 9.17) is 4.74 Å². The Morgan fingerprint density at radius 3 is 2.38 bits per heavy atom. The molecule has 1 aromatic heterocycles. The molecule has 0 bridgehead atoms. The van der Waals surface area contributed by atoms with E-state index in [1.807, 2.05) is 49.4 Å². The number of hydrogen-bond acceptors (Lipinski definition) is 2. The molecule has 124 valence electrons. The standard InChI is InChI=1S/C21H23NO2/c1-15(2)22-19-12-8-7-11-18(19)13-20(22)16(3)21(23)24-14-17-9-5-4-6-10-17/h4-13,15-16H,14H2,1-3H3. The van der Waals surface area contributed by atoms with Crippen LogP contribution < -0.4 is 0 Å². The molecule has 24 heavy (non-hydrogen) atoms. The van der Waals surface area contributed by atoms with Gasteiger partial charge in [-0.2, -0.15) is 0 Å². The molecule has 2 aromatic carbocycles. The Balaban J connectivity index is 1.83. The molecular weight excluding hydrogens is 298 g/mol. The lowest BCUT2D eigenvalue weighted by atomic mass is 10.1. The van der Waals surface area contributed by atoms with Gasteiger partial charge in [-0.25, -0.2) is 0 Å². The van der Waals surface area contributed by atoms with Crippen LogP contribution >= 0.6 is 0 Å². The third-order valence-electron chi connectivity index (χ3n) is 4.32. The zero-order valence-electron chi connectivity index (χ0n) is 14.4. The molecule has 0 amide bonds. The lowest BCUT2D eigenvalue weighted by molar-refractivity contribution is -0.146. The van der Waals surface area contributed by atoms with Crippen LogP contribution in [0.5, 0.6) is 0 Å². The second kappa shape index (κ2) is 6.91. The fraction of sp³-hybridized carbons (Fsp3) is 0.286. The van der Waals surface area contributed by atoms with E-state index in [2.05, 4.69) is 36.6 Å². The Labute approximate surface area is 142 Å². The highest BCUT2D eigenvalue weighted by atomic mass is 16.5. The minimum absolute atomic E-state index is 0.191. The van der Waals surface area contributed by atoms with Crippen LogP contribution in [0.15, 0.2) is 60.7 Å². The Morgan fingerprint density at radius 1 is 1.00 bits per heavy atom. The first-order chi connectivity index (χ1) is 11.6. The molecule has 0 N–H and O–H groups in total. The second-order valence-corrected chi connectivity index (χ2v) is 6.41. The van der Waals surface area contributed by atoms with Crippen LogP contribution in [0.3, 0.4) is 0 Å². The summed E-state index contributed by atoms with van der Waals surface area (Å²) < 4.78 is 7.75. The number of carbonyl (C=O) groups is 1. The van der Waals surface area contributed by atoms with Gasteiger partial charge in [-0.15, -0.1) is 0 Å². The number of ether oxygens (including phenoxy) is 1. The Morgan fingerprint density at radius 2 is 1.67 bits per heavy atom. The van der Waals surface area contributed by atoms with Crippen molar-refractivity contribution in [3.05, 3.63) is 71.9 Å². The zero-order chi connectivity index (χ0) is 17.1. The van der Waals surface area contributed by atoms with Crippen molar-refractivity contribution in [1.29, 1.82) is 0 Å². The van der Waals surface area contributed by atoms with E-state index >= 15 is 0 Å². The maximum Gasteiger partial charge on any atom is 0.314 e. The van der Waals surface area contributed by atoms with Crippen molar-refractivity contribution in [2.75, 3.05) is 0 Å². The maximum atomic E-state index is 12.5. The van der Waals surface area contributed by atoms with Crippen molar-refractivity contribution in [1.82, 2.24) is 4.57 Å². The number of carbonyl (C=O) groups excluding carboxylic acids is 1. The number of nitrogens with zero attached hydrogens (tertiary/aromatic N) is 1. The van der Waals surface area contributed by atoms with Gasteiger partial charge in [0.1, 0.15) is 6.61 Å². The van der Waals surface area contributed by atoms with Crippen molar-refractivity contribution in [2.24, 2.45) is 0 Å². The first-order valence-corrected chi connectivity index (χ1v) is 8.38. The summed E-state index contributed by atoms with van der Waals surface area (Å²) in [4.78, 5) is 12.5. The van der Waals surface area contributed by atoms with Crippen molar-refractivity contribution >= 4 is 16.9 Å². The van der Waals surface area contributed by atoms with Gasteiger partial charge in [-0.05, 0) is 43.9 Å². The quantitative estimate of drug-likeness (QED) is 0.614. The van der Waals surface area contributed by atoms with Crippen molar-refractivity contribution in [2.45, 2.75) is 39.3 Å². The summed E-state index contributed by atoms with van der Waals surface area (Å²) in [6.07, 6.45) is 0. The molecule has 3 rings (SSSR count). The number of para-hydroxylation sites is 1. The Hall–Kier alpha value is -2.55. The number of esters is 1. The van der Waals surface area contributed by atoms with Crippen LogP contribution in [0.1, 0.15) is 44.0 Å². The highest BCUT2D eigenvalue weighted by Crippen LogP contribution is 2.29. The third kappa shape index (κ3) is 3.21. The van der Waals surface area contributed by atoms with Gasteiger partial charge in [0.25, 0.3) is 0 Å². The first kappa shape index (κ1) is 16.3. The molecule has 0 spiro atoms. The van der Waals surface area contributed by atoms with Crippen molar-refractivity contribution < 1.29 is 9.53 Å². The summed E-state index contributed by atoms with van der Waals surface area (Å²) in [5.41, 5.74) is 3.16. The summed E-state index contributed by atoms with van der Waals surface area (Å²) in [6.45, 7) is 6.50. The third-order valence-corrected chi connectivity index (χ3v) is 4.32. The van der Waals surface area contributed by atoms with Gasteiger partial charge >= 0.3 is 5.97 Å². The fourth-order valence-electron chi connectivity index (χ4n) is 3.08. The van der Waals surface area contributed by atoms with E-state index < -0.39 is 0 Å². The van der Waals surface area contributed by atoms with E-state index in [1.165, 1.54) is 0 Å².